The van der Waals surface area contributed by atoms with Gasteiger partial charge in [0, 0.05) is 40.6 Å². The van der Waals surface area contributed by atoms with E-state index in [1.54, 1.807) is 25.4 Å². The summed E-state index contributed by atoms with van der Waals surface area (Å²) in [6.45, 7) is 5.18. The van der Waals surface area contributed by atoms with Crippen molar-refractivity contribution in [2.75, 3.05) is 20.3 Å². The molecule has 1 N–H and O–H groups in total. The Morgan fingerprint density at radius 3 is 2.59 bits per heavy atom. The Labute approximate surface area is 220 Å². The molecule has 1 atom stereocenters. The highest BCUT2D eigenvalue weighted by molar-refractivity contribution is 7.17. The van der Waals surface area contributed by atoms with Gasteiger partial charge in [-0.2, -0.15) is 0 Å². The highest BCUT2D eigenvalue weighted by atomic mass is 32.1. The molecule has 1 unspecified atom stereocenters. The third kappa shape index (κ3) is 6.67. The molecule has 0 saturated carbocycles. The number of fused-ring (bicyclic) bond motifs is 1. The Morgan fingerprint density at radius 2 is 1.89 bits per heavy atom. The number of ether oxygens (including phenoxy) is 3. The molecule has 2 heterocycles. The predicted molar refractivity (Wildman–Crippen MR) is 146 cm³/mol. The predicted octanol–water partition coefficient (Wildman–Crippen LogP) is 6.46. The fourth-order valence-corrected chi connectivity index (χ4v) is 5.00. The Kier molecular flexibility index (Phi) is 8.78. The topological polar surface area (TPSA) is 77.9 Å². The molecule has 37 heavy (non-hydrogen) atoms. The van der Waals surface area contributed by atoms with Crippen LogP contribution in [0.3, 0.4) is 0 Å². The van der Waals surface area contributed by atoms with Crippen LogP contribution >= 0.6 is 11.3 Å². The van der Waals surface area contributed by atoms with E-state index >= 15 is 0 Å². The second kappa shape index (κ2) is 12.4. The summed E-state index contributed by atoms with van der Waals surface area (Å²) in [5.74, 6) is 5.90. The van der Waals surface area contributed by atoms with Gasteiger partial charge in [0.1, 0.15) is 19.0 Å². The van der Waals surface area contributed by atoms with E-state index < -0.39 is 5.97 Å². The molecule has 0 saturated heterocycles. The van der Waals surface area contributed by atoms with Gasteiger partial charge in [0.05, 0.1) is 18.9 Å². The first kappa shape index (κ1) is 26.2. The SMILES string of the molecule is CC#CC(CC(=O)O)c1ccc(OCc2ccc3scc(-c4cnc(OCCOC)cc4C)c3c2)cc1. The lowest BCUT2D eigenvalue weighted by molar-refractivity contribution is -0.137. The van der Waals surface area contributed by atoms with Gasteiger partial charge in [0.25, 0.3) is 0 Å². The molecule has 0 aliphatic carbocycles. The van der Waals surface area contributed by atoms with Gasteiger partial charge in [0.2, 0.25) is 5.88 Å². The van der Waals surface area contributed by atoms with E-state index in [2.05, 4.69) is 47.3 Å². The van der Waals surface area contributed by atoms with Gasteiger partial charge in [-0.1, -0.05) is 24.1 Å². The van der Waals surface area contributed by atoms with Crippen molar-refractivity contribution in [3.05, 3.63) is 76.8 Å². The van der Waals surface area contributed by atoms with Crippen molar-refractivity contribution in [1.29, 1.82) is 0 Å². The molecule has 0 spiro atoms. The van der Waals surface area contributed by atoms with E-state index in [0.717, 1.165) is 39.0 Å². The summed E-state index contributed by atoms with van der Waals surface area (Å²) in [5.41, 5.74) is 5.23. The van der Waals surface area contributed by atoms with E-state index in [0.29, 0.717) is 25.7 Å². The van der Waals surface area contributed by atoms with Gasteiger partial charge in [-0.25, -0.2) is 4.98 Å². The molecule has 190 valence electrons. The monoisotopic (exact) mass is 515 g/mol. The van der Waals surface area contributed by atoms with Crippen LogP contribution in [0.1, 0.15) is 36.0 Å². The van der Waals surface area contributed by atoms with E-state index in [1.165, 1.54) is 4.70 Å². The van der Waals surface area contributed by atoms with Crippen molar-refractivity contribution in [2.45, 2.75) is 32.8 Å². The number of nitrogens with zero attached hydrogens (tertiary/aromatic N) is 1. The largest absolute Gasteiger partial charge is 0.489 e. The second-order valence-electron chi connectivity index (χ2n) is 8.56. The summed E-state index contributed by atoms with van der Waals surface area (Å²) in [4.78, 5) is 15.6. The van der Waals surface area contributed by atoms with E-state index in [-0.39, 0.29) is 12.3 Å². The van der Waals surface area contributed by atoms with Crippen molar-refractivity contribution in [3.8, 4) is 34.6 Å². The number of aliphatic carboxylic acids is 1. The molecule has 4 rings (SSSR count). The number of aromatic nitrogens is 1. The number of rotatable bonds is 11. The number of carboxylic acids is 1. The number of hydrogen-bond donors (Lipinski definition) is 1. The fraction of sp³-hybridized carbons (Fsp3) is 0.267. The standard InChI is InChI=1S/C30H29NO5S/c1-4-5-23(16-30(32)33)22-7-9-24(10-8-22)36-18-21-6-11-28-25(15-21)27(19-37-28)26-17-31-29(14-20(26)2)35-13-12-34-3/h6-11,14-15,17,19,23H,12-13,16,18H2,1-3H3,(H,32,33). The highest BCUT2D eigenvalue weighted by Gasteiger charge is 2.14. The third-order valence-electron chi connectivity index (χ3n) is 5.94. The van der Waals surface area contributed by atoms with Crippen molar-refractivity contribution >= 4 is 27.4 Å². The molecular formula is C30H29NO5S. The lowest BCUT2D eigenvalue weighted by Crippen LogP contribution is -2.05. The van der Waals surface area contributed by atoms with Crippen molar-refractivity contribution in [3.63, 3.8) is 0 Å². The number of aryl methyl sites for hydroxylation is 1. The van der Waals surface area contributed by atoms with Crippen LogP contribution in [0.25, 0.3) is 21.2 Å². The minimum absolute atomic E-state index is 0.0252. The van der Waals surface area contributed by atoms with Gasteiger partial charge in [-0.3, -0.25) is 4.79 Å². The molecule has 2 aromatic heterocycles. The molecule has 0 amide bonds. The summed E-state index contributed by atoms with van der Waals surface area (Å²) in [6.07, 6.45) is 1.84. The molecule has 0 radical (unpaired) electrons. The number of carboxylic acid groups (broad SMARTS) is 1. The van der Waals surface area contributed by atoms with Crippen LogP contribution in [-0.2, 0) is 16.1 Å². The number of pyridine rings is 1. The third-order valence-corrected chi connectivity index (χ3v) is 6.90. The first-order valence-corrected chi connectivity index (χ1v) is 12.8. The molecule has 0 fully saturated rings. The molecule has 0 aliphatic heterocycles. The smallest absolute Gasteiger partial charge is 0.304 e. The molecule has 0 aliphatic rings. The molecule has 7 heteroatoms. The zero-order valence-corrected chi connectivity index (χ0v) is 21.9. The molecule has 6 nitrogen and oxygen atoms in total. The van der Waals surface area contributed by atoms with Crippen LogP contribution in [0, 0.1) is 18.8 Å². The normalized spacial score (nSPS) is 11.5. The van der Waals surface area contributed by atoms with E-state index in [1.807, 2.05) is 36.5 Å². The minimum atomic E-state index is -0.867. The van der Waals surface area contributed by atoms with Crippen LogP contribution in [0.15, 0.2) is 60.1 Å². The van der Waals surface area contributed by atoms with Crippen LogP contribution in [0.4, 0.5) is 0 Å². The van der Waals surface area contributed by atoms with Gasteiger partial charge in [-0.05, 0) is 60.2 Å². The van der Waals surface area contributed by atoms with Gasteiger partial charge < -0.3 is 19.3 Å². The summed E-state index contributed by atoms with van der Waals surface area (Å²) >= 11 is 1.70. The fourth-order valence-electron chi connectivity index (χ4n) is 4.06. The zero-order chi connectivity index (χ0) is 26.2. The average molecular weight is 516 g/mol. The number of benzene rings is 2. The maximum absolute atomic E-state index is 11.1. The average Bonchev–Trinajstić information content (AvgIpc) is 3.30. The Hall–Kier alpha value is -3.86. The summed E-state index contributed by atoms with van der Waals surface area (Å²) in [5, 5.41) is 12.5. The van der Waals surface area contributed by atoms with Crippen LogP contribution in [0.2, 0.25) is 0 Å². The van der Waals surface area contributed by atoms with Crippen molar-refractivity contribution in [2.24, 2.45) is 0 Å². The van der Waals surface area contributed by atoms with Gasteiger partial charge >= 0.3 is 5.97 Å². The lowest BCUT2D eigenvalue weighted by atomic mass is 9.96. The number of hydrogen-bond acceptors (Lipinski definition) is 6. The number of thiophene rings is 1. The first-order valence-electron chi connectivity index (χ1n) is 11.9. The number of methoxy groups -OCH3 is 1. The minimum Gasteiger partial charge on any atom is -0.489 e. The molecular weight excluding hydrogens is 486 g/mol. The maximum atomic E-state index is 11.1. The summed E-state index contributed by atoms with van der Waals surface area (Å²) < 4.78 is 17.9. The Bertz CT molecular complexity index is 1430. The van der Waals surface area contributed by atoms with Crippen LogP contribution in [0.5, 0.6) is 11.6 Å². The Balaban J connectivity index is 1.48. The van der Waals surface area contributed by atoms with Crippen LogP contribution < -0.4 is 9.47 Å². The second-order valence-corrected chi connectivity index (χ2v) is 9.47. The molecule has 0 bridgehead atoms. The molecule has 4 aromatic rings. The highest BCUT2D eigenvalue weighted by Crippen LogP contribution is 2.36. The first-order chi connectivity index (χ1) is 18.0. The maximum Gasteiger partial charge on any atom is 0.304 e. The van der Waals surface area contributed by atoms with Gasteiger partial charge in [-0.15, -0.1) is 17.3 Å². The lowest BCUT2D eigenvalue weighted by Gasteiger charge is -2.11. The molecule has 2 aromatic carbocycles. The number of carbonyl (C=O) groups is 1. The van der Waals surface area contributed by atoms with Crippen molar-refractivity contribution in [1.82, 2.24) is 4.98 Å². The van der Waals surface area contributed by atoms with Crippen molar-refractivity contribution < 1.29 is 24.1 Å². The Morgan fingerprint density at radius 1 is 1.08 bits per heavy atom. The van der Waals surface area contributed by atoms with E-state index in [9.17, 15) is 4.79 Å². The van der Waals surface area contributed by atoms with E-state index in [4.69, 9.17) is 19.3 Å². The zero-order valence-electron chi connectivity index (χ0n) is 21.1. The quantitative estimate of drug-likeness (QED) is 0.183. The summed E-state index contributed by atoms with van der Waals surface area (Å²) in [6, 6.07) is 15.8. The van der Waals surface area contributed by atoms with Gasteiger partial charge in [0.15, 0.2) is 0 Å². The van der Waals surface area contributed by atoms with Crippen LogP contribution in [-0.4, -0.2) is 36.4 Å². The summed E-state index contributed by atoms with van der Waals surface area (Å²) in [7, 11) is 1.64.